The number of hydrogen-bond donors (Lipinski definition) is 1. The van der Waals surface area contributed by atoms with Crippen molar-refractivity contribution < 1.29 is 14.3 Å². The van der Waals surface area contributed by atoms with E-state index in [1.54, 1.807) is 0 Å². The summed E-state index contributed by atoms with van der Waals surface area (Å²) in [5, 5.41) is 17.8. The third kappa shape index (κ3) is 3.58. The van der Waals surface area contributed by atoms with Crippen LogP contribution < -0.4 is 5.32 Å². The molecule has 0 saturated heterocycles. The lowest BCUT2D eigenvalue weighted by molar-refractivity contribution is -0.141. The molecule has 0 aliphatic rings. The topological polar surface area (TPSA) is 99.0 Å². The zero-order valence-electron chi connectivity index (χ0n) is 10.1. The molecule has 9 heteroatoms. The molecule has 0 aromatic carbocycles. The standard InChI is InChI=1S/C10H11N5O3S/c1-18-9(17)4-11-8(16)5-15-13-10(12-14-15)7-2-3-19-6-7/h2-3,6H,4-5H2,1H3,(H,11,16). The van der Waals surface area contributed by atoms with Gasteiger partial charge in [0.15, 0.2) is 0 Å². The zero-order chi connectivity index (χ0) is 13.7. The van der Waals surface area contributed by atoms with Crippen LogP contribution >= 0.6 is 11.3 Å². The van der Waals surface area contributed by atoms with E-state index in [0.29, 0.717) is 5.82 Å². The second-order valence-corrected chi connectivity index (χ2v) is 4.29. The summed E-state index contributed by atoms with van der Waals surface area (Å²) in [6, 6.07) is 1.86. The lowest BCUT2D eigenvalue weighted by Gasteiger charge is -2.02. The molecule has 100 valence electrons. The van der Waals surface area contributed by atoms with Crippen molar-refractivity contribution in [3.63, 3.8) is 0 Å². The quantitative estimate of drug-likeness (QED) is 0.755. The molecular formula is C10H11N5O3S. The van der Waals surface area contributed by atoms with Crippen LogP contribution in [0.5, 0.6) is 0 Å². The van der Waals surface area contributed by atoms with Crippen LogP contribution in [0.4, 0.5) is 0 Å². The highest BCUT2D eigenvalue weighted by molar-refractivity contribution is 7.08. The summed E-state index contributed by atoms with van der Waals surface area (Å²) >= 11 is 1.52. The fourth-order valence-corrected chi connectivity index (χ4v) is 1.88. The van der Waals surface area contributed by atoms with Crippen molar-refractivity contribution in [3.8, 4) is 11.4 Å². The molecule has 8 nitrogen and oxygen atoms in total. The van der Waals surface area contributed by atoms with Crippen molar-refractivity contribution in [2.45, 2.75) is 6.54 Å². The molecule has 0 saturated carbocycles. The Kier molecular flexibility index (Phi) is 4.18. The Bertz CT molecular complexity index is 565. The summed E-state index contributed by atoms with van der Waals surface area (Å²) in [5.74, 6) is -0.444. The molecule has 0 aliphatic carbocycles. The molecule has 0 unspecified atom stereocenters. The van der Waals surface area contributed by atoms with Gasteiger partial charge in [0, 0.05) is 10.9 Å². The van der Waals surface area contributed by atoms with E-state index in [4.69, 9.17) is 0 Å². The van der Waals surface area contributed by atoms with E-state index < -0.39 is 5.97 Å². The predicted octanol–water partition coefficient (Wildman–Crippen LogP) is -0.309. The van der Waals surface area contributed by atoms with Crippen LogP contribution in [0.15, 0.2) is 16.8 Å². The number of thiophene rings is 1. The molecule has 1 amide bonds. The molecule has 19 heavy (non-hydrogen) atoms. The minimum atomic E-state index is -0.515. The monoisotopic (exact) mass is 281 g/mol. The van der Waals surface area contributed by atoms with Gasteiger partial charge in [0.2, 0.25) is 11.7 Å². The first-order valence-electron chi connectivity index (χ1n) is 5.33. The van der Waals surface area contributed by atoms with Crippen LogP contribution in [-0.2, 0) is 20.9 Å². The van der Waals surface area contributed by atoms with Crippen molar-refractivity contribution >= 4 is 23.2 Å². The first kappa shape index (κ1) is 13.1. The molecular weight excluding hydrogens is 270 g/mol. The van der Waals surface area contributed by atoms with Gasteiger partial charge in [0.05, 0.1) is 7.11 Å². The van der Waals surface area contributed by atoms with Gasteiger partial charge in [0.1, 0.15) is 13.1 Å². The largest absolute Gasteiger partial charge is 0.468 e. The Morgan fingerprint density at radius 1 is 1.53 bits per heavy atom. The van der Waals surface area contributed by atoms with Gasteiger partial charge in [-0.15, -0.1) is 10.2 Å². The maximum atomic E-state index is 11.5. The number of hydrogen-bond acceptors (Lipinski definition) is 7. The van der Waals surface area contributed by atoms with E-state index in [9.17, 15) is 9.59 Å². The maximum Gasteiger partial charge on any atom is 0.325 e. The van der Waals surface area contributed by atoms with Crippen molar-refractivity contribution in [1.82, 2.24) is 25.5 Å². The fraction of sp³-hybridized carbons (Fsp3) is 0.300. The van der Waals surface area contributed by atoms with E-state index in [2.05, 4.69) is 25.5 Å². The van der Waals surface area contributed by atoms with Gasteiger partial charge in [-0.1, -0.05) is 0 Å². The molecule has 0 radical (unpaired) electrons. The van der Waals surface area contributed by atoms with Crippen molar-refractivity contribution in [1.29, 1.82) is 0 Å². The van der Waals surface area contributed by atoms with Gasteiger partial charge in [-0.2, -0.15) is 16.1 Å². The summed E-state index contributed by atoms with van der Waals surface area (Å²) < 4.78 is 4.40. The number of methoxy groups -OCH3 is 1. The van der Waals surface area contributed by atoms with Gasteiger partial charge >= 0.3 is 5.97 Å². The minimum Gasteiger partial charge on any atom is -0.468 e. The summed E-state index contributed by atoms with van der Waals surface area (Å²) in [7, 11) is 1.25. The first-order valence-corrected chi connectivity index (χ1v) is 6.27. The van der Waals surface area contributed by atoms with E-state index in [0.717, 1.165) is 5.56 Å². The average Bonchev–Trinajstić information content (AvgIpc) is 3.06. The molecule has 2 aromatic rings. The lowest BCUT2D eigenvalue weighted by Crippen LogP contribution is -2.33. The van der Waals surface area contributed by atoms with Crippen molar-refractivity contribution in [2.24, 2.45) is 0 Å². The second-order valence-electron chi connectivity index (χ2n) is 3.51. The second kappa shape index (κ2) is 6.05. The van der Waals surface area contributed by atoms with Crippen molar-refractivity contribution in [2.75, 3.05) is 13.7 Å². The average molecular weight is 281 g/mol. The molecule has 0 spiro atoms. The smallest absolute Gasteiger partial charge is 0.325 e. The number of rotatable bonds is 5. The fourth-order valence-electron chi connectivity index (χ4n) is 1.24. The van der Waals surface area contributed by atoms with Crippen LogP contribution in [0.2, 0.25) is 0 Å². The number of ether oxygens (including phenoxy) is 1. The number of carbonyl (C=O) groups excluding carboxylic acids is 2. The van der Waals surface area contributed by atoms with E-state index in [-0.39, 0.29) is 19.0 Å². The SMILES string of the molecule is COC(=O)CNC(=O)Cn1nnc(-c2ccsc2)n1. The van der Waals surface area contributed by atoms with Gasteiger partial charge in [-0.3, -0.25) is 9.59 Å². The number of esters is 1. The number of aromatic nitrogens is 4. The number of carbonyl (C=O) groups is 2. The van der Waals surface area contributed by atoms with Crippen LogP contribution in [0.1, 0.15) is 0 Å². The van der Waals surface area contributed by atoms with Crippen molar-refractivity contribution in [3.05, 3.63) is 16.8 Å². The van der Waals surface area contributed by atoms with Crippen LogP contribution in [-0.4, -0.2) is 45.7 Å². The Balaban J connectivity index is 1.89. The van der Waals surface area contributed by atoms with E-state index in [1.165, 1.54) is 23.2 Å². The molecule has 0 fully saturated rings. The number of nitrogens with zero attached hydrogens (tertiary/aromatic N) is 4. The summed E-state index contributed by atoms with van der Waals surface area (Å²) in [6.07, 6.45) is 0. The number of nitrogens with one attached hydrogen (secondary N) is 1. The highest BCUT2D eigenvalue weighted by Crippen LogP contribution is 2.16. The van der Waals surface area contributed by atoms with Gasteiger partial charge in [0.25, 0.3) is 0 Å². The van der Waals surface area contributed by atoms with E-state index >= 15 is 0 Å². The molecule has 0 aliphatic heterocycles. The molecule has 2 rings (SSSR count). The minimum absolute atomic E-state index is 0.103. The predicted molar refractivity (Wildman–Crippen MR) is 66.2 cm³/mol. The Morgan fingerprint density at radius 2 is 2.37 bits per heavy atom. The lowest BCUT2D eigenvalue weighted by atomic mass is 10.3. The van der Waals surface area contributed by atoms with Crippen LogP contribution in [0.25, 0.3) is 11.4 Å². The molecule has 0 atom stereocenters. The maximum absolute atomic E-state index is 11.5. The normalized spacial score (nSPS) is 10.2. The van der Waals surface area contributed by atoms with Gasteiger partial charge in [-0.05, 0) is 16.7 Å². The first-order chi connectivity index (χ1) is 9.19. The highest BCUT2D eigenvalue weighted by atomic mass is 32.1. The summed E-state index contributed by atoms with van der Waals surface area (Å²) in [4.78, 5) is 23.5. The Morgan fingerprint density at radius 3 is 3.05 bits per heavy atom. The molecule has 0 bridgehead atoms. The van der Waals surface area contributed by atoms with Gasteiger partial charge < -0.3 is 10.1 Å². The number of tetrazole rings is 1. The molecule has 2 aromatic heterocycles. The zero-order valence-corrected chi connectivity index (χ0v) is 10.9. The Labute approximate surface area is 112 Å². The number of amides is 1. The Hall–Kier alpha value is -2.29. The molecule has 1 N–H and O–H groups in total. The summed E-state index contributed by atoms with van der Waals surface area (Å²) in [6.45, 7) is -0.282. The van der Waals surface area contributed by atoms with Gasteiger partial charge in [-0.25, -0.2) is 0 Å². The van der Waals surface area contributed by atoms with Crippen LogP contribution in [0, 0.1) is 0 Å². The third-order valence-electron chi connectivity index (χ3n) is 2.17. The van der Waals surface area contributed by atoms with E-state index in [1.807, 2.05) is 16.8 Å². The molecule has 2 heterocycles. The summed E-state index contributed by atoms with van der Waals surface area (Å²) in [5.41, 5.74) is 0.853. The van der Waals surface area contributed by atoms with Crippen LogP contribution in [0.3, 0.4) is 0 Å². The highest BCUT2D eigenvalue weighted by Gasteiger charge is 2.10. The third-order valence-corrected chi connectivity index (χ3v) is 2.86.